The number of pyridine rings is 2. The molecule has 1 N–H and O–H groups in total. The minimum absolute atomic E-state index is 0.417. The summed E-state index contributed by atoms with van der Waals surface area (Å²) in [6, 6.07) is 2.19. The predicted molar refractivity (Wildman–Crippen MR) is 74.3 cm³/mol. The molecule has 0 aromatic rings. The van der Waals surface area contributed by atoms with Gasteiger partial charge in [-0.05, 0) is 49.4 Å². The second-order valence-electron chi connectivity index (χ2n) is 4.93. The van der Waals surface area contributed by atoms with E-state index in [2.05, 4.69) is 50.7 Å². The zero-order valence-corrected chi connectivity index (χ0v) is 11.8. The molecule has 0 bridgehead atoms. The highest BCUT2D eigenvalue weighted by atomic mass is 32.1. The van der Waals surface area contributed by atoms with Crippen LogP contribution in [0.4, 0.5) is 0 Å². The summed E-state index contributed by atoms with van der Waals surface area (Å²) in [6.45, 7) is 10.7. The van der Waals surface area contributed by atoms with E-state index in [1.54, 1.807) is 0 Å². The molecule has 90 valence electrons. The van der Waals surface area contributed by atoms with Crippen molar-refractivity contribution in [1.82, 2.24) is 9.97 Å². The number of nitrogens with zero attached hydrogens (tertiary/aromatic N) is 1. The molecule has 2 rings (SSSR count). The third-order valence-electron chi connectivity index (χ3n) is 3.47. The van der Waals surface area contributed by atoms with Crippen LogP contribution < -0.4 is 0 Å². The van der Waals surface area contributed by atoms with E-state index in [0.717, 1.165) is 17.1 Å². The SMILES string of the molecule is Cc1[nH]c2nc(=S)c(C(C)C)cc-2c(C)c1C. The molecular formula is C14H18N2S. The molecule has 0 saturated carbocycles. The number of hydrogen-bond donors (Lipinski definition) is 1. The van der Waals surface area contributed by atoms with Crippen LogP contribution in [-0.4, -0.2) is 9.97 Å². The highest BCUT2D eigenvalue weighted by Gasteiger charge is 2.14. The van der Waals surface area contributed by atoms with Crippen molar-refractivity contribution in [2.24, 2.45) is 0 Å². The maximum absolute atomic E-state index is 5.34. The van der Waals surface area contributed by atoms with E-state index in [0.29, 0.717) is 10.6 Å². The average Bonchev–Trinajstić information content (AvgIpc) is 2.25. The maximum Gasteiger partial charge on any atom is 0.139 e. The lowest BCUT2D eigenvalue weighted by Crippen LogP contribution is -2.03. The minimum Gasteiger partial charge on any atom is -0.343 e. The number of nitrogens with one attached hydrogen (secondary N) is 1. The Morgan fingerprint density at radius 2 is 1.82 bits per heavy atom. The molecule has 0 radical (unpaired) electrons. The zero-order valence-electron chi connectivity index (χ0n) is 11.0. The summed E-state index contributed by atoms with van der Waals surface area (Å²) < 4.78 is 0.714. The van der Waals surface area contributed by atoms with E-state index in [9.17, 15) is 0 Å². The Bertz CT molecular complexity index is 596. The third-order valence-corrected chi connectivity index (χ3v) is 3.80. The van der Waals surface area contributed by atoms with Gasteiger partial charge < -0.3 is 4.98 Å². The van der Waals surface area contributed by atoms with Crippen molar-refractivity contribution in [2.75, 3.05) is 0 Å². The monoisotopic (exact) mass is 246 g/mol. The van der Waals surface area contributed by atoms with Crippen LogP contribution in [0.5, 0.6) is 0 Å². The lowest BCUT2D eigenvalue weighted by molar-refractivity contribution is 0.850. The lowest BCUT2D eigenvalue weighted by Gasteiger charge is -2.16. The summed E-state index contributed by atoms with van der Waals surface area (Å²) in [6.07, 6.45) is 0. The molecular weight excluding hydrogens is 228 g/mol. The lowest BCUT2D eigenvalue weighted by atomic mass is 9.97. The van der Waals surface area contributed by atoms with Crippen LogP contribution in [0.25, 0.3) is 11.4 Å². The largest absolute Gasteiger partial charge is 0.343 e. The van der Waals surface area contributed by atoms with E-state index in [1.807, 2.05) is 0 Å². The topological polar surface area (TPSA) is 28.7 Å². The van der Waals surface area contributed by atoms with Crippen molar-refractivity contribution in [3.8, 4) is 11.4 Å². The number of H-pyrrole nitrogens is 1. The van der Waals surface area contributed by atoms with Gasteiger partial charge in [-0.15, -0.1) is 0 Å². The van der Waals surface area contributed by atoms with Gasteiger partial charge in [0.15, 0.2) is 0 Å². The molecule has 0 aliphatic carbocycles. The van der Waals surface area contributed by atoms with Gasteiger partial charge in [-0.3, -0.25) is 0 Å². The number of aryl methyl sites for hydroxylation is 1. The van der Waals surface area contributed by atoms with Crippen LogP contribution >= 0.6 is 12.2 Å². The highest BCUT2D eigenvalue weighted by Crippen LogP contribution is 2.29. The first kappa shape index (κ1) is 12.2. The molecule has 0 aromatic heterocycles. The molecule has 17 heavy (non-hydrogen) atoms. The Morgan fingerprint density at radius 3 is 2.41 bits per heavy atom. The smallest absolute Gasteiger partial charge is 0.139 e. The van der Waals surface area contributed by atoms with E-state index < -0.39 is 0 Å². The van der Waals surface area contributed by atoms with Gasteiger partial charge in [-0.1, -0.05) is 26.1 Å². The van der Waals surface area contributed by atoms with E-state index in [-0.39, 0.29) is 0 Å². The average molecular weight is 246 g/mol. The number of aromatic nitrogens is 2. The third kappa shape index (κ3) is 2.00. The van der Waals surface area contributed by atoms with Gasteiger partial charge >= 0.3 is 0 Å². The Kier molecular flexibility index (Phi) is 3.04. The summed E-state index contributed by atoms with van der Waals surface area (Å²) in [4.78, 5) is 7.85. The second kappa shape index (κ2) is 4.22. The van der Waals surface area contributed by atoms with Gasteiger partial charge in [0.05, 0.1) is 0 Å². The van der Waals surface area contributed by atoms with Gasteiger partial charge in [0.1, 0.15) is 10.5 Å². The van der Waals surface area contributed by atoms with Gasteiger partial charge in [0, 0.05) is 11.3 Å². The first-order valence-corrected chi connectivity index (χ1v) is 6.33. The van der Waals surface area contributed by atoms with Crippen LogP contribution in [0.3, 0.4) is 0 Å². The fraction of sp³-hybridized carbons (Fsp3) is 0.429. The van der Waals surface area contributed by atoms with Gasteiger partial charge in [0.2, 0.25) is 0 Å². The number of fused-ring (bicyclic) bond motifs is 1. The van der Waals surface area contributed by atoms with Gasteiger partial charge in [-0.2, -0.15) is 0 Å². The Labute approximate surface area is 107 Å². The Hall–Kier alpha value is -1.22. The zero-order chi connectivity index (χ0) is 12.7. The molecule has 0 atom stereocenters. The molecule has 0 unspecified atom stereocenters. The standard InChI is InChI=1S/C14H18N2S/c1-7(2)11-6-12-9(4)8(3)10(5)15-13(12)16-14(11)17/h6-7H,1-5H3,(H,15,16,17). The molecule has 0 amide bonds. The van der Waals surface area contributed by atoms with Crippen LogP contribution in [0, 0.1) is 25.4 Å². The summed E-state index contributed by atoms with van der Waals surface area (Å²) in [5.74, 6) is 1.32. The fourth-order valence-electron chi connectivity index (χ4n) is 2.06. The first-order chi connectivity index (χ1) is 7.91. The minimum atomic E-state index is 0.417. The molecule has 3 heteroatoms. The van der Waals surface area contributed by atoms with E-state index in [4.69, 9.17) is 12.2 Å². The fourth-order valence-corrected chi connectivity index (χ4v) is 2.45. The summed E-state index contributed by atoms with van der Waals surface area (Å²) >= 11 is 5.34. The predicted octanol–water partition coefficient (Wildman–Crippen LogP) is 4.29. The van der Waals surface area contributed by atoms with Crippen molar-refractivity contribution in [3.63, 3.8) is 0 Å². The first-order valence-electron chi connectivity index (χ1n) is 5.92. The molecule has 2 aliphatic rings. The van der Waals surface area contributed by atoms with Crippen LogP contribution in [0.15, 0.2) is 6.07 Å². The van der Waals surface area contributed by atoms with Crippen molar-refractivity contribution in [2.45, 2.75) is 40.5 Å². The Balaban J connectivity index is 2.86. The second-order valence-corrected chi connectivity index (χ2v) is 5.32. The summed E-state index contributed by atoms with van der Waals surface area (Å²) in [5.41, 5.74) is 6.10. The highest BCUT2D eigenvalue weighted by molar-refractivity contribution is 7.71. The molecule has 0 saturated heterocycles. The van der Waals surface area contributed by atoms with Crippen molar-refractivity contribution in [3.05, 3.63) is 33.1 Å². The van der Waals surface area contributed by atoms with Crippen molar-refractivity contribution in [1.29, 1.82) is 0 Å². The number of rotatable bonds is 1. The molecule has 2 heterocycles. The van der Waals surface area contributed by atoms with Gasteiger partial charge in [0.25, 0.3) is 0 Å². The molecule has 2 aliphatic heterocycles. The quantitative estimate of drug-likeness (QED) is 0.760. The molecule has 2 nitrogen and oxygen atoms in total. The van der Waals surface area contributed by atoms with Crippen molar-refractivity contribution < 1.29 is 0 Å². The summed E-state index contributed by atoms with van der Waals surface area (Å²) in [5, 5.41) is 0. The van der Waals surface area contributed by atoms with E-state index in [1.165, 1.54) is 16.7 Å². The van der Waals surface area contributed by atoms with Gasteiger partial charge in [-0.25, -0.2) is 4.98 Å². The Morgan fingerprint density at radius 1 is 1.18 bits per heavy atom. The van der Waals surface area contributed by atoms with Crippen LogP contribution in [0.1, 0.15) is 42.1 Å². The molecule has 0 fully saturated rings. The van der Waals surface area contributed by atoms with Crippen molar-refractivity contribution >= 4 is 12.2 Å². The normalized spacial score (nSPS) is 11.4. The number of aromatic amines is 1. The molecule has 0 aromatic carbocycles. The van der Waals surface area contributed by atoms with E-state index >= 15 is 0 Å². The summed E-state index contributed by atoms with van der Waals surface area (Å²) in [7, 11) is 0. The maximum atomic E-state index is 5.34. The molecule has 0 spiro atoms. The van der Waals surface area contributed by atoms with Crippen LogP contribution in [0.2, 0.25) is 0 Å². The number of hydrogen-bond acceptors (Lipinski definition) is 2. The van der Waals surface area contributed by atoms with Crippen LogP contribution in [-0.2, 0) is 0 Å².